The van der Waals surface area contributed by atoms with Crippen molar-refractivity contribution in [3.8, 4) is 5.75 Å². The molecule has 0 fully saturated rings. The SMILES string of the molecule is CC(C)COc1ccc(C(C)(C)C(=O)NCCc2ccc(N)cc2)cc1. The van der Waals surface area contributed by atoms with Crippen LogP contribution in [0.2, 0.25) is 0 Å². The molecule has 2 aromatic carbocycles. The van der Waals surface area contributed by atoms with Gasteiger partial charge in [-0.1, -0.05) is 38.1 Å². The Balaban J connectivity index is 1.90. The number of nitrogen functional groups attached to an aromatic ring is 1. The van der Waals surface area contributed by atoms with Gasteiger partial charge in [0, 0.05) is 12.2 Å². The Hall–Kier alpha value is -2.49. The second kappa shape index (κ2) is 8.75. The van der Waals surface area contributed by atoms with E-state index in [0.29, 0.717) is 19.1 Å². The predicted octanol–water partition coefficient (Wildman–Crippen LogP) is 3.94. The highest BCUT2D eigenvalue weighted by atomic mass is 16.5. The third kappa shape index (κ3) is 5.51. The summed E-state index contributed by atoms with van der Waals surface area (Å²) in [6.45, 7) is 9.40. The van der Waals surface area contributed by atoms with Crippen LogP contribution in [0.15, 0.2) is 48.5 Å². The monoisotopic (exact) mass is 354 g/mol. The first-order chi connectivity index (χ1) is 12.3. The molecule has 0 aliphatic heterocycles. The van der Waals surface area contributed by atoms with E-state index >= 15 is 0 Å². The molecule has 3 N–H and O–H groups in total. The summed E-state index contributed by atoms with van der Waals surface area (Å²) < 4.78 is 5.71. The number of hydrogen-bond donors (Lipinski definition) is 2. The summed E-state index contributed by atoms with van der Waals surface area (Å²) in [5.41, 5.74) is 7.97. The Morgan fingerprint density at radius 2 is 1.69 bits per heavy atom. The molecule has 0 spiro atoms. The summed E-state index contributed by atoms with van der Waals surface area (Å²) in [6.07, 6.45) is 0.782. The van der Waals surface area contributed by atoms with Gasteiger partial charge in [0.15, 0.2) is 0 Å². The lowest BCUT2D eigenvalue weighted by molar-refractivity contribution is -0.125. The van der Waals surface area contributed by atoms with Crippen molar-refractivity contribution in [2.45, 2.75) is 39.5 Å². The van der Waals surface area contributed by atoms with Gasteiger partial charge in [0.1, 0.15) is 5.75 Å². The molecular formula is C22H30N2O2. The minimum absolute atomic E-state index is 0.0174. The summed E-state index contributed by atoms with van der Waals surface area (Å²) in [7, 11) is 0. The normalized spacial score (nSPS) is 11.4. The molecule has 0 heterocycles. The van der Waals surface area contributed by atoms with Gasteiger partial charge in [-0.05, 0) is 61.6 Å². The second-order valence-electron chi connectivity index (χ2n) is 7.60. The average Bonchev–Trinajstić information content (AvgIpc) is 2.62. The molecule has 0 aliphatic rings. The fourth-order valence-electron chi connectivity index (χ4n) is 2.59. The minimum atomic E-state index is -0.600. The van der Waals surface area contributed by atoms with Crippen LogP contribution in [0.5, 0.6) is 5.75 Å². The van der Waals surface area contributed by atoms with Gasteiger partial charge in [-0.25, -0.2) is 0 Å². The molecule has 0 radical (unpaired) electrons. The molecular weight excluding hydrogens is 324 g/mol. The molecule has 0 aliphatic carbocycles. The topological polar surface area (TPSA) is 64.3 Å². The highest BCUT2D eigenvalue weighted by Gasteiger charge is 2.29. The molecule has 0 saturated carbocycles. The Morgan fingerprint density at radius 1 is 1.08 bits per heavy atom. The van der Waals surface area contributed by atoms with Crippen LogP contribution in [0.1, 0.15) is 38.8 Å². The fourth-order valence-corrected chi connectivity index (χ4v) is 2.59. The van der Waals surface area contributed by atoms with Crippen LogP contribution in [-0.2, 0) is 16.6 Å². The van der Waals surface area contributed by atoms with Crippen LogP contribution in [0.3, 0.4) is 0 Å². The number of carbonyl (C=O) groups excluding carboxylic acids is 1. The quantitative estimate of drug-likeness (QED) is 0.706. The third-order valence-corrected chi connectivity index (χ3v) is 4.41. The highest BCUT2D eigenvalue weighted by Crippen LogP contribution is 2.25. The van der Waals surface area contributed by atoms with Crippen molar-refractivity contribution in [1.29, 1.82) is 0 Å². The summed E-state index contributed by atoms with van der Waals surface area (Å²) in [4.78, 5) is 12.6. The zero-order chi connectivity index (χ0) is 19.2. The Bertz CT molecular complexity index is 704. The molecule has 2 aromatic rings. The van der Waals surface area contributed by atoms with Gasteiger partial charge in [0.05, 0.1) is 12.0 Å². The number of hydrogen-bond acceptors (Lipinski definition) is 3. The van der Waals surface area contributed by atoms with Crippen molar-refractivity contribution in [3.05, 3.63) is 59.7 Å². The van der Waals surface area contributed by atoms with Gasteiger partial charge in [0.25, 0.3) is 0 Å². The van der Waals surface area contributed by atoms with Crippen molar-refractivity contribution in [2.75, 3.05) is 18.9 Å². The van der Waals surface area contributed by atoms with E-state index in [1.807, 2.05) is 62.4 Å². The molecule has 4 nitrogen and oxygen atoms in total. The Morgan fingerprint density at radius 3 is 2.27 bits per heavy atom. The van der Waals surface area contributed by atoms with Gasteiger partial charge in [-0.3, -0.25) is 4.79 Å². The molecule has 1 amide bonds. The molecule has 0 unspecified atom stereocenters. The molecule has 0 bridgehead atoms. The van der Waals surface area contributed by atoms with Crippen LogP contribution >= 0.6 is 0 Å². The lowest BCUT2D eigenvalue weighted by Gasteiger charge is -2.24. The fraction of sp³-hybridized carbons (Fsp3) is 0.409. The first kappa shape index (κ1) is 19.8. The lowest BCUT2D eigenvalue weighted by Crippen LogP contribution is -2.40. The summed E-state index contributed by atoms with van der Waals surface area (Å²) in [5.74, 6) is 1.34. The number of amides is 1. The van der Waals surface area contributed by atoms with Crippen LogP contribution in [0.4, 0.5) is 5.69 Å². The maximum absolute atomic E-state index is 12.6. The zero-order valence-corrected chi connectivity index (χ0v) is 16.2. The third-order valence-electron chi connectivity index (χ3n) is 4.41. The van der Waals surface area contributed by atoms with Crippen molar-refractivity contribution in [1.82, 2.24) is 5.32 Å². The first-order valence-electron chi connectivity index (χ1n) is 9.15. The zero-order valence-electron chi connectivity index (χ0n) is 16.2. The summed E-state index contributed by atoms with van der Waals surface area (Å²) in [5, 5.41) is 3.04. The van der Waals surface area contributed by atoms with Gasteiger partial charge in [-0.2, -0.15) is 0 Å². The number of anilines is 1. The van der Waals surface area contributed by atoms with E-state index in [4.69, 9.17) is 10.5 Å². The van der Waals surface area contributed by atoms with E-state index in [1.54, 1.807) is 0 Å². The largest absolute Gasteiger partial charge is 0.493 e. The van der Waals surface area contributed by atoms with Gasteiger partial charge in [0.2, 0.25) is 5.91 Å². The van der Waals surface area contributed by atoms with Crippen molar-refractivity contribution >= 4 is 11.6 Å². The van der Waals surface area contributed by atoms with E-state index in [2.05, 4.69) is 19.2 Å². The molecule has 26 heavy (non-hydrogen) atoms. The second-order valence-corrected chi connectivity index (χ2v) is 7.60. The number of ether oxygens (including phenoxy) is 1. The maximum atomic E-state index is 12.6. The highest BCUT2D eigenvalue weighted by molar-refractivity contribution is 5.87. The van der Waals surface area contributed by atoms with E-state index in [1.165, 1.54) is 0 Å². The molecule has 0 saturated heterocycles. The van der Waals surface area contributed by atoms with Crippen molar-refractivity contribution in [3.63, 3.8) is 0 Å². The van der Waals surface area contributed by atoms with Crippen LogP contribution in [0.25, 0.3) is 0 Å². The average molecular weight is 354 g/mol. The van der Waals surface area contributed by atoms with Crippen LogP contribution in [-0.4, -0.2) is 19.1 Å². The maximum Gasteiger partial charge on any atom is 0.230 e. The molecule has 140 valence electrons. The number of rotatable bonds is 8. The van der Waals surface area contributed by atoms with Gasteiger partial charge >= 0.3 is 0 Å². The minimum Gasteiger partial charge on any atom is -0.493 e. The Kier molecular flexibility index (Phi) is 6.67. The predicted molar refractivity (Wildman–Crippen MR) is 107 cm³/mol. The van der Waals surface area contributed by atoms with Crippen molar-refractivity contribution < 1.29 is 9.53 Å². The Labute approximate surface area is 156 Å². The summed E-state index contributed by atoms with van der Waals surface area (Å²) >= 11 is 0. The number of carbonyl (C=O) groups is 1. The van der Waals surface area contributed by atoms with E-state index in [9.17, 15) is 4.79 Å². The van der Waals surface area contributed by atoms with Crippen molar-refractivity contribution in [2.24, 2.45) is 5.92 Å². The number of benzene rings is 2. The standard InChI is InChI=1S/C22H30N2O2/c1-16(2)15-26-20-11-7-18(8-12-20)22(3,4)21(25)24-14-13-17-5-9-19(23)10-6-17/h5-12,16H,13-15,23H2,1-4H3,(H,24,25). The summed E-state index contributed by atoms with van der Waals surface area (Å²) in [6, 6.07) is 15.5. The number of nitrogens with two attached hydrogens (primary N) is 1. The molecule has 4 heteroatoms. The van der Waals surface area contributed by atoms with Gasteiger partial charge < -0.3 is 15.8 Å². The van der Waals surface area contributed by atoms with E-state index in [0.717, 1.165) is 29.0 Å². The lowest BCUT2D eigenvalue weighted by atomic mass is 9.83. The molecule has 0 aromatic heterocycles. The molecule has 0 atom stereocenters. The molecule has 2 rings (SSSR count). The van der Waals surface area contributed by atoms with E-state index < -0.39 is 5.41 Å². The smallest absolute Gasteiger partial charge is 0.230 e. The van der Waals surface area contributed by atoms with Crippen LogP contribution in [0, 0.1) is 5.92 Å². The van der Waals surface area contributed by atoms with Crippen LogP contribution < -0.4 is 15.8 Å². The van der Waals surface area contributed by atoms with Gasteiger partial charge in [-0.15, -0.1) is 0 Å². The first-order valence-corrected chi connectivity index (χ1v) is 9.15. The van der Waals surface area contributed by atoms with E-state index in [-0.39, 0.29) is 5.91 Å². The number of nitrogens with one attached hydrogen (secondary N) is 1.